The highest BCUT2D eigenvalue weighted by Crippen LogP contribution is 2.22. The Labute approximate surface area is 126 Å². The summed E-state index contributed by atoms with van der Waals surface area (Å²) in [7, 11) is 0. The molecule has 6 nitrogen and oxygen atoms in total. The van der Waals surface area contributed by atoms with E-state index in [0.29, 0.717) is 25.9 Å². The summed E-state index contributed by atoms with van der Waals surface area (Å²) < 4.78 is 0. The lowest BCUT2D eigenvalue weighted by Crippen LogP contribution is -2.51. The third-order valence-corrected chi connectivity index (χ3v) is 4.64. The predicted molar refractivity (Wildman–Crippen MR) is 80.2 cm³/mol. The molecule has 120 valence electrons. The standard InChI is InChI=1S/C15H27N3O3/c1-12-11-13(14(19)20)5-9-18(12)15(21)16-6-10-17-7-3-2-4-8-17/h12-13H,2-11H2,1H3,(H,16,21)(H,19,20). The topological polar surface area (TPSA) is 72.9 Å². The van der Waals surface area contributed by atoms with Gasteiger partial charge in [-0.2, -0.15) is 0 Å². The molecule has 0 aliphatic carbocycles. The molecule has 0 spiro atoms. The van der Waals surface area contributed by atoms with Crippen LogP contribution in [0.15, 0.2) is 0 Å². The molecule has 2 aliphatic heterocycles. The molecule has 2 heterocycles. The third-order valence-electron chi connectivity index (χ3n) is 4.64. The third kappa shape index (κ3) is 4.59. The van der Waals surface area contributed by atoms with E-state index in [4.69, 9.17) is 5.11 Å². The Bertz CT molecular complexity index is 369. The summed E-state index contributed by atoms with van der Waals surface area (Å²) in [6.45, 7) is 6.32. The molecule has 21 heavy (non-hydrogen) atoms. The van der Waals surface area contributed by atoms with Gasteiger partial charge in [-0.15, -0.1) is 0 Å². The van der Waals surface area contributed by atoms with E-state index in [1.807, 2.05) is 6.92 Å². The number of nitrogens with one attached hydrogen (secondary N) is 1. The van der Waals surface area contributed by atoms with Crippen molar-refractivity contribution in [2.24, 2.45) is 5.92 Å². The minimum absolute atomic E-state index is 0.00478. The number of carboxylic acid groups (broad SMARTS) is 1. The molecule has 0 bridgehead atoms. The Morgan fingerprint density at radius 1 is 1.19 bits per heavy atom. The van der Waals surface area contributed by atoms with Crippen molar-refractivity contribution in [3.8, 4) is 0 Å². The second-order valence-electron chi connectivity index (χ2n) is 6.24. The van der Waals surface area contributed by atoms with Gasteiger partial charge in [-0.3, -0.25) is 4.79 Å². The minimum atomic E-state index is -0.744. The molecule has 0 radical (unpaired) electrons. The number of aliphatic carboxylic acids is 1. The van der Waals surface area contributed by atoms with E-state index in [2.05, 4.69) is 10.2 Å². The van der Waals surface area contributed by atoms with E-state index in [-0.39, 0.29) is 18.0 Å². The quantitative estimate of drug-likeness (QED) is 0.822. The second kappa shape index (κ2) is 7.64. The van der Waals surface area contributed by atoms with Gasteiger partial charge in [-0.05, 0) is 45.7 Å². The van der Waals surface area contributed by atoms with Crippen LogP contribution in [0.3, 0.4) is 0 Å². The lowest BCUT2D eigenvalue weighted by Gasteiger charge is -2.36. The molecular formula is C15H27N3O3. The zero-order valence-electron chi connectivity index (χ0n) is 12.9. The van der Waals surface area contributed by atoms with E-state index < -0.39 is 5.97 Å². The highest BCUT2D eigenvalue weighted by atomic mass is 16.4. The number of rotatable bonds is 4. The van der Waals surface area contributed by atoms with Crippen molar-refractivity contribution in [2.45, 2.75) is 45.1 Å². The molecule has 2 saturated heterocycles. The Hall–Kier alpha value is -1.30. The van der Waals surface area contributed by atoms with Crippen molar-refractivity contribution < 1.29 is 14.7 Å². The molecule has 2 amide bonds. The summed E-state index contributed by atoms with van der Waals surface area (Å²) in [6, 6.07) is -0.0572. The molecule has 2 N–H and O–H groups in total. The smallest absolute Gasteiger partial charge is 0.317 e. The second-order valence-corrected chi connectivity index (χ2v) is 6.24. The van der Waals surface area contributed by atoms with Gasteiger partial charge in [0.05, 0.1) is 5.92 Å². The Kier molecular flexibility index (Phi) is 5.85. The summed E-state index contributed by atoms with van der Waals surface area (Å²) >= 11 is 0. The number of hydrogen-bond acceptors (Lipinski definition) is 3. The van der Waals surface area contributed by atoms with E-state index in [1.54, 1.807) is 4.90 Å². The van der Waals surface area contributed by atoms with Crippen molar-refractivity contribution >= 4 is 12.0 Å². The van der Waals surface area contributed by atoms with Gasteiger partial charge >= 0.3 is 12.0 Å². The van der Waals surface area contributed by atoms with Gasteiger partial charge in [0.15, 0.2) is 0 Å². The first kappa shape index (κ1) is 16.1. The highest BCUT2D eigenvalue weighted by molar-refractivity contribution is 5.75. The fourth-order valence-corrected chi connectivity index (χ4v) is 3.30. The Morgan fingerprint density at radius 2 is 1.90 bits per heavy atom. The molecule has 0 aromatic carbocycles. The first-order valence-corrected chi connectivity index (χ1v) is 8.07. The molecule has 2 atom stereocenters. The summed E-state index contributed by atoms with van der Waals surface area (Å²) in [5.74, 6) is -1.05. The van der Waals surface area contributed by atoms with Crippen molar-refractivity contribution in [2.75, 3.05) is 32.7 Å². The van der Waals surface area contributed by atoms with Crippen LogP contribution < -0.4 is 5.32 Å². The fourth-order valence-electron chi connectivity index (χ4n) is 3.30. The molecule has 0 saturated carbocycles. The molecule has 2 rings (SSSR count). The average molecular weight is 297 g/mol. The first-order valence-electron chi connectivity index (χ1n) is 8.07. The van der Waals surface area contributed by atoms with Gasteiger partial charge in [0, 0.05) is 25.7 Å². The van der Waals surface area contributed by atoms with Crippen LogP contribution in [0.1, 0.15) is 39.0 Å². The van der Waals surface area contributed by atoms with Crippen LogP contribution in [0.25, 0.3) is 0 Å². The number of carbonyl (C=O) groups is 2. The lowest BCUT2D eigenvalue weighted by atomic mass is 9.92. The first-order chi connectivity index (χ1) is 10.1. The monoisotopic (exact) mass is 297 g/mol. The maximum atomic E-state index is 12.2. The van der Waals surface area contributed by atoms with Crippen LogP contribution in [0, 0.1) is 5.92 Å². The van der Waals surface area contributed by atoms with E-state index in [9.17, 15) is 9.59 Å². The van der Waals surface area contributed by atoms with Crippen molar-refractivity contribution in [1.29, 1.82) is 0 Å². The van der Waals surface area contributed by atoms with Gasteiger partial charge in [0.1, 0.15) is 0 Å². The predicted octanol–water partition coefficient (Wildman–Crippen LogP) is 1.37. The SMILES string of the molecule is CC1CC(C(=O)O)CCN1C(=O)NCCN1CCCCC1. The zero-order valence-corrected chi connectivity index (χ0v) is 12.9. The van der Waals surface area contributed by atoms with E-state index in [1.165, 1.54) is 19.3 Å². The largest absolute Gasteiger partial charge is 0.481 e. The fraction of sp³-hybridized carbons (Fsp3) is 0.867. The van der Waals surface area contributed by atoms with Crippen molar-refractivity contribution in [1.82, 2.24) is 15.1 Å². The number of likely N-dealkylation sites (tertiary alicyclic amines) is 2. The van der Waals surface area contributed by atoms with Crippen LogP contribution >= 0.6 is 0 Å². The number of hydrogen-bond donors (Lipinski definition) is 2. The van der Waals surface area contributed by atoms with Crippen molar-refractivity contribution in [3.05, 3.63) is 0 Å². The maximum absolute atomic E-state index is 12.2. The summed E-state index contributed by atoms with van der Waals surface area (Å²) in [5, 5.41) is 12.0. The van der Waals surface area contributed by atoms with Gasteiger partial charge < -0.3 is 20.2 Å². The average Bonchev–Trinajstić information content (AvgIpc) is 2.48. The number of carbonyl (C=O) groups excluding carboxylic acids is 1. The van der Waals surface area contributed by atoms with Gasteiger partial charge in [-0.1, -0.05) is 6.42 Å². The van der Waals surface area contributed by atoms with Gasteiger partial charge in [0.2, 0.25) is 0 Å². The normalized spacial score (nSPS) is 27.4. The van der Waals surface area contributed by atoms with Crippen molar-refractivity contribution in [3.63, 3.8) is 0 Å². The molecular weight excluding hydrogens is 270 g/mol. The van der Waals surface area contributed by atoms with Crippen LogP contribution in [0.4, 0.5) is 4.79 Å². The number of nitrogens with zero attached hydrogens (tertiary/aromatic N) is 2. The molecule has 6 heteroatoms. The molecule has 2 aliphatic rings. The van der Waals surface area contributed by atoms with Crippen LogP contribution in [0.2, 0.25) is 0 Å². The summed E-state index contributed by atoms with van der Waals surface area (Å²) in [6.07, 6.45) is 4.94. The number of amides is 2. The van der Waals surface area contributed by atoms with Crippen LogP contribution in [-0.2, 0) is 4.79 Å². The van der Waals surface area contributed by atoms with E-state index in [0.717, 1.165) is 19.6 Å². The van der Waals surface area contributed by atoms with Gasteiger partial charge in [0.25, 0.3) is 0 Å². The van der Waals surface area contributed by atoms with Gasteiger partial charge in [-0.25, -0.2) is 4.79 Å². The van der Waals surface area contributed by atoms with Crippen LogP contribution in [0.5, 0.6) is 0 Å². The minimum Gasteiger partial charge on any atom is -0.481 e. The molecule has 0 aromatic rings. The summed E-state index contributed by atoms with van der Waals surface area (Å²) in [5.41, 5.74) is 0. The summed E-state index contributed by atoms with van der Waals surface area (Å²) in [4.78, 5) is 27.3. The van der Waals surface area contributed by atoms with Crippen LogP contribution in [-0.4, -0.2) is 65.7 Å². The lowest BCUT2D eigenvalue weighted by molar-refractivity contribution is -0.143. The molecule has 2 fully saturated rings. The number of piperidine rings is 2. The number of carboxylic acids is 1. The Balaban J connectivity index is 1.69. The highest BCUT2D eigenvalue weighted by Gasteiger charge is 2.32. The maximum Gasteiger partial charge on any atom is 0.317 e. The Morgan fingerprint density at radius 3 is 2.52 bits per heavy atom. The number of urea groups is 1. The molecule has 0 aromatic heterocycles. The zero-order chi connectivity index (χ0) is 15.2. The van der Waals surface area contributed by atoms with E-state index >= 15 is 0 Å². The molecule has 2 unspecified atom stereocenters.